The minimum Gasteiger partial charge on any atom is -0.507 e. The summed E-state index contributed by atoms with van der Waals surface area (Å²) in [5, 5.41) is 11.3. The first-order valence-electron chi connectivity index (χ1n) is 12.5. The summed E-state index contributed by atoms with van der Waals surface area (Å²) in [6.07, 6.45) is 2.32. The molecule has 8 nitrogen and oxygen atoms in total. The zero-order valence-electron chi connectivity index (χ0n) is 21.4. The third-order valence-corrected chi connectivity index (χ3v) is 6.70. The Hall–Kier alpha value is -3.62. The van der Waals surface area contributed by atoms with Crippen LogP contribution in [0.15, 0.2) is 60.7 Å². The quantitative estimate of drug-likeness (QED) is 0.227. The zero-order chi connectivity index (χ0) is 26.4. The number of Topliss-reactive ketones (excluding diaryl/α,β-unsaturated/α-hetero) is 1. The fourth-order valence-corrected chi connectivity index (χ4v) is 4.74. The number of amides is 1. The monoisotopic (exact) mass is 506 g/mol. The van der Waals surface area contributed by atoms with Crippen molar-refractivity contribution in [1.82, 2.24) is 9.80 Å². The Morgan fingerprint density at radius 2 is 1.84 bits per heavy atom. The number of morpholine rings is 1. The molecule has 1 atom stereocenters. The van der Waals surface area contributed by atoms with Crippen LogP contribution in [0.4, 0.5) is 0 Å². The number of aliphatic hydroxyl groups is 1. The Morgan fingerprint density at radius 3 is 2.51 bits per heavy atom. The van der Waals surface area contributed by atoms with Crippen LogP contribution in [0.1, 0.15) is 29.2 Å². The highest BCUT2D eigenvalue weighted by Gasteiger charge is 2.46. The van der Waals surface area contributed by atoms with Gasteiger partial charge in [0, 0.05) is 31.7 Å². The van der Waals surface area contributed by atoms with Crippen LogP contribution in [0, 0.1) is 6.92 Å². The second-order valence-corrected chi connectivity index (χ2v) is 9.18. The molecule has 2 aliphatic heterocycles. The van der Waals surface area contributed by atoms with Crippen LogP contribution in [-0.2, 0) is 14.3 Å². The molecule has 0 saturated carbocycles. The molecule has 2 aliphatic rings. The Morgan fingerprint density at radius 1 is 1.11 bits per heavy atom. The first-order valence-corrected chi connectivity index (χ1v) is 12.5. The molecule has 0 aliphatic carbocycles. The number of carbonyl (C=O) groups excluding carboxylic acids is 2. The average Bonchev–Trinajstić information content (AvgIpc) is 3.17. The number of benzene rings is 2. The maximum atomic E-state index is 13.3. The second-order valence-electron chi connectivity index (χ2n) is 9.18. The van der Waals surface area contributed by atoms with Crippen molar-refractivity contribution in [3.05, 3.63) is 77.4 Å². The molecule has 8 heteroatoms. The molecule has 2 fully saturated rings. The van der Waals surface area contributed by atoms with Gasteiger partial charge in [0.1, 0.15) is 12.4 Å². The number of ether oxygens (including phenoxy) is 3. The summed E-state index contributed by atoms with van der Waals surface area (Å²) in [7, 11) is 1.53. The van der Waals surface area contributed by atoms with Gasteiger partial charge in [0.15, 0.2) is 11.5 Å². The maximum Gasteiger partial charge on any atom is 0.295 e. The van der Waals surface area contributed by atoms with E-state index in [9.17, 15) is 14.7 Å². The van der Waals surface area contributed by atoms with E-state index in [2.05, 4.69) is 11.5 Å². The van der Waals surface area contributed by atoms with Gasteiger partial charge in [-0.25, -0.2) is 0 Å². The Balaban J connectivity index is 1.71. The van der Waals surface area contributed by atoms with Crippen LogP contribution in [0.2, 0.25) is 0 Å². The summed E-state index contributed by atoms with van der Waals surface area (Å²) >= 11 is 0. The number of hydrogen-bond acceptors (Lipinski definition) is 7. The van der Waals surface area contributed by atoms with Gasteiger partial charge >= 0.3 is 0 Å². The van der Waals surface area contributed by atoms with Gasteiger partial charge < -0.3 is 24.2 Å². The van der Waals surface area contributed by atoms with Crippen molar-refractivity contribution in [2.45, 2.75) is 19.4 Å². The lowest BCUT2D eigenvalue weighted by Crippen LogP contribution is -2.39. The average molecular weight is 507 g/mol. The van der Waals surface area contributed by atoms with Gasteiger partial charge in [-0.3, -0.25) is 14.5 Å². The van der Waals surface area contributed by atoms with E-state index in [0.29, 0.717) is 55.4 Å². The molecular weight excluding hydrogens is 472 g/mol. The number of nitrogens with zero attached hydrogens (tertiary/aromatic N) is 2. The highest BCUT2D eigenvalue weighted by molar-refractivity contribution is 6.46. The molecule has 1 N–H and O–H groups in total. The lowest BCUT2D eigenvalue weighted by Gasteiger charge is -2.29. The van der Waals surface area contributed by atoms with Gasteiger partial charge in [-0.15, -0.1) is 0 Å². The van der Waals surface area contributed by atoms with Gasteiger partial charge in [0.2, 0.25) is 0 Å². The van der Waals surface area contributed by atoms with Crippen LogP contribution in [0.25, 0.3) is 5.76 Å². The molecule has 4 rings (SSSR count). The van der Waals surface area contributed by atoms with Crippen LogP contribution in [-0.4, -0.2) is 79.7 Å². The summed E-state index contributed by atoms with van der Waals surface area (Å²) in [6, 6.07) is 11.8. The molecule has 37 heavy (non-hydrogen) atoms. The standard InChI is InChI=1S/C29H34N2O6/c1-4-16-37-23-11-10-22(19-24(23)35-3)26-25(27(32)21-8-6-20(2)7-9-21)28(33)29(34)31(26)13-5-12-30-14-17-36-18-15-30/h4,6-11,19,26,32H,1,5,12-18H2,2-3H3. The van der Waals surface area contributed by atoms with E-state index in [1.165, 1.54) is 7.11 Å². The van der Waals surface area contributed by atoms with Crippen LogP contribution >= 0.6 is 0 Å². The Kier molecular flexibility index (Phi) is 8.63. The van der Waals surface area contributed by atoms with Gasteiger partial charge in [-0.05, 0) is 31.0 Å². The van der Waals surface area contributed by atoms with E-state index < -0.39 is 17.7 Å². The molecular formula is C29H34N2O6. The third-order valence-electron chi connectivity index (χ3n) is 6.70. The SMILES string of the molecule is C=CCOc1ccc(C2C(=C(O)c3ccc(C)cc3)C(=O)C(=O)N2CCCN2CCOCC2)cc1OC. The van der Waals surface area contributed by atoms with Gasteiger partial charge in [0.05, 0.1) is 31.9 Å². The number of carbonyl (C=O) groups is 2. The minimum absolute atomic E-state index is 0.0713. The Bertz CT molecular complexity index is 1170. The van der Waals surface area contributed by atoms with Gasteiger partial charge in [-0.2, -0.15) is 0 Å². The number of ketones is 1. The molecule has 2 aromatic carbocycles. The van der Waals surface area contributed by atoms with Crippen molar-refractivity contribution in [3.63, 3.8) is 0 Å². The predicted molar refractivity (Wildman–Crippen MR) is 141 cm³/mol. The predicted octanol–water partition coefficient (Wildman–Crippen LogP) is 3.71. The summed E-state index contributed by atoms with van der Waals surface area (Å²) in [4.78, 5) is 30.4. The van der Waals surface area contributed by atoms with E-state index in [4.69, 9.17) is 14.2 Å². The molecule has 196 valence electrons. The summed E-state index contributed by atoms with van der Waals surface area (Å²) in [6.45, 7) is 10.2. The molecule has 1 amide bonds. The molecule has 0 radical (unpaired) electrons. The van der Waals surface area contributed by atoms with Crippen LogP contribution in [0.5, 0.6) is 11.5 Å². The summed E-state index contributed by atoms with van der Waals surface area (Å²) in [5.74, 6) is -0.514. The smallest absolute Gasteiger partial charge is 0.295 e. The summed E-state index contributed by atoms with van der Waals surface area (Å²) < 4.78 is 16.6. The number of likely N-dealkylation sites (tertiary alicyclic amines) is 1. The third kappa shape index (κ3) is 5.87. The fourth-order valence-electron chi connectivity index (χ4n) is 4.74. The van der Waals surface area contributed by atoms with Crippen molar-refractivity contribution < 1.29 is 28.9 Å². The minimum atomic E-state index is -0.756. The fraction of sp³-hybridized carbons (Fsp3) is 0.379. The highest BCUT2D eigenvalue weighted by atomic mass is 16.5. The molecule has 1 unspecified atom stereocenters. The maximum absolute atomic E-state index is 13.3. The Labute approximate surface area is 217 Å². The van der Waals surface area contributed by atoms with E-state index >= 15 is 0 Å². The number of methoxy groups -OCH3 is 1. The normalized spacial score (nSPS) is 19.7. The van der Waals surface area contributed by atoms with Gasteiger partial charge in [-0.1, -0.05) is 48.6 Å². The lowest BCUT2D eigenvalue weighted by atomic mass is 9.94. The number of aryl methyl sites for hydroxylation is 1. The van der Waals surface area contributed by atoms with Crippen LogP contribution in [0.3, 0.4) is 0 Å². The van der Waals surface area contributed by atoms with Crippen molar-refractivity contribution in [1.29, 1.82) is 0 Å². The van der Waals surface area contributed by atoms with Crippen molar-refractivity contribution >= 4 is 17.4 Å². The molecule has 2 saturated heterocycles. The first kappa shape index (κ1) is 26.4. The largest absolute Gasteiger partial charge is 0.507 e. The molecule has 2 aromatic rings. The van der Waals surface area contributed by atoms with Crippen molar-refractivity contribution in [2.75, 3.05) is 53.1 Å². The van der Waals surface area contributed by atoms with E-state index in [1.807, 2.05) is 19.1 Å². The number of aliphatic hydroxyl groups excluding tert-OH is 1. The topological polar surface area (TPSA) is 88.5 Å². The van der Waals surface area contributed by atoms with Crippen LogP contribution < -0.4 is 9.47 Å². The van der Waals surface area contributed by atoms with Crippen molar-refractivity contribution in [3.8, 4) is 11.5 Å². The number of rotatable bonds is 10. The first-order chi connectivity index (χ1) is 17.9. The zero-order valence-corrected chi connectivity index (χ0v) is 21.4. The molecule has 2 heterocycles. The highest BCUT2D eigenvalue weighted by Crippen LogP contribution is 2.42. The summed E-state index contributed by atoms with van der Waals surface area (Å²) in [5.41, 5.74) is 2.24. The van der Waals surface area contributed by atoms with E-state index in [0.717, 1.165) is 25.2 Å². The molecule has 0 bridgehead atoms. The van der Waals surface area contributed by atoms with Gasteiger partial charge in [0.25, 0.3) is 11.7 Å². The van der Waals surface area contributed by atoms with Crippen molar-refractivity contribution in [2.24, 2.45) is 0 Å². The second kappa shape index (κ2) is 12.1. The lowest BCUT2D eigenvalue weighted by molar-refractivity contribution is -0.140. The number of hydrogen-bond donors (Lipinski definition) is 1. The molecule has 0 spiro atoms. The molecule has 0 aromatic heterocycles. The van der Waals surface area contributed by atoms with E-state index in [-0.39, 0.29) is 11.3 Å². The van der Waals surface area contributed by atoms with E-state index in [1.54, 1.807) is 41.3 Å².